The fourth-order valence-corrected chi connectivity index (χ4v) is 4.28. The summed E-state index contributed by atoms with van der Waals surface area (Å²) in [6, 6.07) is 13.9. The van der Waals surface area contributed by atoms with E-state index in [4.69, 9.17) is 0 Å². The van der Waals surface area contributed by atoms with Gasteiger partial charge in [-0.25, -0.2) is 12.8 Å². The van der Waals surface area contributed by atoms with Gasteiger partial charge in [0.1, 0.15) is 11.9 Å². The van der Waals surface area contributed by atoms with Gasteiger partial charge >= 0.3 is 0 Å². The number of nitrogens with one attached hydrogen (secondary N) is 1. The number of carbonyl (C=O) groups is 2. The van der Waals surface area contributed by atoms with Crippen molar-refractivity contribution in [3.63, 3.8) is 0 Å². The van der Waals surface area contributed by atoms with Crippen LogP contribution in [-0.2, 0) is 26.2 Å². The SMILES string of the molecule is CCNC(=O)[C@@H](C)N(Cc1ccccc1F)C(=O)CCCN(c1ccccc1)S(C)(=O)=O. The van der Waals surface area contributed by atoms with Crippen LogP contribution in [0, 0.1) is 5.82 Å². The Labute approximate surface area is 189 Å². The van der Waals surface area contributed by atoms with E-state index in [9.17, 15) is 22.4 Å². The molecule has 0 aliphatic heterocycles. The van der Waals surface area contributed by atoms with Crippen LogP contribution in [0.15, 0.2) is 54.6 Å². The molecule has 0 heterocycles. The topological polar surface area (TPSA) is 86.8 Å². The lowest BCUT2D eigenvalue weighted by Gasteiger charge is -2.29. The predicted molar refractivity (Wildman–Crippen MR) is 123 cm³/mol. The van der Waals surface area contributed by atoms with Gasteiger partial charge in [-0.15, -0.1) is 0 Å². The summed E-state index contributed by atoms with van der Waals surface area (Å²) in [7, 11) is -3.53. The summed E-state index contributed by atoms with van der Waals surface area (Å²) in [5, 5.41) is 2.68. The lowest BCUT2D eigenvalue weighted by molar-refractivity contribution is -0.140. The van der Waals surface area contributed by atoms with Gasteiger partial charge in [-0.2, -0.15) is 0 Å². The van der Waals surface area contributed by atoms with Gasteiger partial charge in [-0.1, -0.05) is 36.4 Å². The maximum atomic E-state index is 14.2. The van der Waals surface area contributed by atoms with Crippen LogP contribution in [0.4, 0.5) is 10.1 Å². The maximum absolute atomic E-state index is 14.2. The number of halogens is 1. The molecule has 0 fully saturated rings. The summed E-state index contributed by atoms with van der Waals surface area (Å²) in [6.07, 6.45) is 1.37. The zero-order valence-electron chi connectivity index (χ0n) is 18.6. The molecule has 7 nitrogen and oxygen atoms in total. The number of benzene rings is 2. The van der Waals surface area contributed by atoms with Crippen molar-refractivity contribution in [3.8, 4) is 0 Å². The van der Waals surface area contributed by atoms with Crippen molar-refractivity contribution in [1.29, 1.82) is 0 Å². The lowest BCUT2D eigenvalue weighted by atomic mass is 10.1. The minimum atomic E-state index is -3.53. The van der Waals surface area contributed by atoms with E-state index < -0.39 is 21.9 Å². The molecule has 2 amide bonds. The van der Waals surface area contributed by atoms with Crippen LogP contribution in [0.3, 0.4) is 0 Å². The number of likely N-dealkylation sites (N-methyl/N-ethyl adjacent to an activating group) is 1. The van der Waals surface area contributed by atoms with Gasteiger partial charge in [-0.3, -0.25) is 13.9 Å². The first-order valence-corrected chi connectivity index (χ1v) is 12.3. The molecule has 0 radical (unpaired) electrons. The van der Waals surface area contributed by atoms with Crippen LogP contribution in [0.2, 0.25) is 0 Å². The molecule has 0 unspecified atom stereocenters. The molecule has 0 bridgehead atoms. The van der Waals surface area contributed by atoms with E-state index in [0.29, 0.717) is 17.8 Å². The highest BCUT2D eigenvalue weighted by atomic mass is 32.2. The zero-order valence-corrected chi connectivity index (χ0v) is 19.4. The molecular formula is C23H30FN3O4S. The van der Waals surface area contributed by atoms with Crippen LogP contribution in [0.5, 0.6) is 0 Å². The maximum Gasteiger partial charge on any atom is 0.242 e. The molecule has 1 atom stereocenters. The second-order valence-corrected chi connectivity index (χ2v) is 9.36. The Morgan fingerprint density at radius 1 is 1.06 bits per heavy atom. The number of sulfonamides is 1. The Kier molecular flexibility index (Phi) is 9.19. The van der Waals surface area contributed by atoms with E-state index in [-0.39, 0.29) is 37.7 Å². The first kappa shape index (κ1) is 25.3. The molecule has 2 aromatic carbocycles. The number of hydrogen-bond acceptors (Lipinski definition) is 4. The molecule has 0 spiro atoms. The van der Waals surface area contributed by atoms with Gasteiger partial charge in [0.2, 0.25) is 21.8 Å². The molecule has 2 rings (SSSR count). The highest BCUT2D eigenvalue weighted by Crippen LogP contribution is 2.19. The second-order valence-electron chi connectivity index (χ2n) is 7.46. The van der Waals surface area contributed by atoms with Crippen molar-refractivity contribution in [1.82, 2.24) is 10.2 Å². The third kappa shape index (κ3) is 7.05. The molecule has 0 saturated carbocycles. The van der Waals surface area contributed by atoms with Crippen LogP contribution < -0.4 is 9.62 Å². The van der Waals surface area contributed by atoms with Gasteiger partial charge < -0.3 is 10.2 Å². The second kappa shape index (κ2) is 11.6. The lowest BCUT2D eigenvalue weighted by Crippen LogP contribution is -2.47. The predicted octanol–water partition coefficient (Wildman–Crippen LogP) is 2.93. The summed E-state index contributed by atoms with van der Waals surface area (Å²) in [6.45, 7) is 3.83. The average Bonchev–Trinajstić information content (AvgIpc) is 2.75. The number of hydrogen-bond donors (Lipinski definition) is 1. The van der Waals surface area contributed by atoms with Gasteiger partial charge in [-0.05, 0) is 38.5 Å². The number of nitrogens with zero attached hydrogens (tertiary/aromatic N) is 2. The fraction of sp³-hybridized carbons (Fsp3) is 0.391. The largest absolute Gasteiger partial charge is 0.355 e. The summed E-state index contributed by atoms with van der Waals surface area (Å²) in [4.78, 5) is 26.7. The van der Waals surface area contributed by atoms with Gasteiger partial charge in [0.25, 0.3) is 0 Å². The molecular weight excluding hydrogens is 433 g/mol. The molecule has 32 heavy (non-hydrogen) atoms. The number of rotatable bonds is 11. The summed E-state index contributed by atoms with van der Waals surface area (Å²) < 4.78 is 39.9. The first-order valence-electron chi connectivity index (χ1n) is 10.5. The summed E-state index contributed by atoms with van der Waals surface area (Å²) >= 11 is 0. The highest BCUT2D eigenvalue weighted by molar-refractivity contribution is 7.92. The normalized spacial score (nSPS) is 12.1. The minimum Gasteiger partial charge on any atom is -0.355 e. The Morgan fingerprint density at radius 2 is 1.69 bits per heavy atom. The third-order valence-electron chi connectivity index (χ3n) is 5.01. The standard InChI is InChI=1S/C23H30FN3O4S/c1-4-25-23(29)18(2)26(17-19-11-8-9-14-21(19)24)22(28)15-10-16-27(32(3,30)31)20-12-6-5-7-13-20/h5-9,11-14,18H,4,10,15-17H2,1-3H3,(H,25,29)/t18-/m1/s1. The Bertz CT molecular complexity index is 1010. The zero-order chi connectivity index (χ0) is 23.7. The van der Waals surface area contributed by atoms with E-state index in [1.165, 1.54) is 15.3 Å². The van der Waals surface area contributed by atoms with E-state index >= 15 is 0 Å². The third-order valence-corrected chi connectivity index (χ3v) is 6.21. The van der Waals surface area contributed by atoms with Gasteiger partial charge in [0.05, 0.1) is 11.9 Å². The number of anilines is 1. The smallest absolute Gasteiger partial charge is 0.242 e. The van der Waals surface area contributed by atoms with Crippen LogP contribution in [-0.4, -0.2) is 50.5 Å². The van der Waals surface area contributed by atoms with E-state index in [0.717, 1.165) is 6.26 Å². The molecule has 2 aromatic rings. The Morgan fingerprint density at radius 3 is 2.28 bits per heavy atom. The van der Waals surface area contributed by atoms with Crippen molar-refractivity contribution >= 4 is 27.5 Å². The number of para-hydroxylation sites is 1. The average molecular weight is 464 g/mol. The number of carbonyl (C=O) groups excluding carboxylic acids is 2. The van der Waals surface area contributed by atoms with Crippen LogP contribution in [0.1, 0.15) is 32.3 Å². The van der Waals surface area contributed by atoms with E-state index in [1.54, 1.807) is 62.4 Å². The van der Waals surface area contributed by atoms with Crippen LogP contribution in [0.25, 0.3) is 0 Å². The van der Waals surface area contributed by atoms with Crippen LogP contribution >= 0.6 is 0 Å². The van der Waals surface area contributed by atoms with E-state index in [2.05, 4.69) is 5.32 Å². The molecule has 0 aliphatic carbocycles. The van der Waals surface area contributed by atoms with Crippen molar-refractivity contribution in [2.45, 2.75) is 39.3 Å². The molecule has 1 N–H and O–H groups in total. The number of amides is 2. The molecule has 0 aromatic heterocycles. The molecule has 9 heteroatoms. The van der Waals surface area contributed by atoms with Crippen molar-refractivity contribution in [2.75, 3.05) is 23.7 Å². The van der Waals surface area contributed by atoms with Gasteiger partial charge in [0, 0.05) is 31.6 Å². The molecule has 174 valence electrons. The minimum absolute atomic E-state index is 0.0110. The quantitative estimate of drug-likeness (QED) is 0.555. The summed E-state index contributed by atoms with van der Waals surface area (Å²) in [5.74, 6) is -1.14. The Hall–Kier alpha value is -2.94. The monoisotopic (exact) mass is 463 g/mol. The van der Waals surface area contributed by atoms with Crippen molar-refractivity contribution in [2.24, 2.45) is 0 Å². The van der Waals surface area contributed by atoms with Crippen molar-refractivity contribution in [3.05, 3.63) is 66.0 Å². The Balaban J connectivity index is 2.14. The first-order chi connectivity index (χ1) is 15.1. The van der Waals surface area contributed by atoms with Crippen molar-refractivity contribution < 1.29 is 22.4 Å². The van der Waals surface area contributed by atoms with E-state index in [1.807, 2.05) is 0 Å². The fourth-order valence-electron chi connectivity index (χ4n) is 3.31. The molecule has 0 saturated heterocycles. The highest BCUT2D eigenvalue weighted by Gasteiger charge is 2.27. The molecule has 0 aliphatic rings. The summed E-state index contributed by atoms with van der Waals surface area (Å²) in [5.41, 5.74) is 0.820. The van der Waals surface area contributed by atoms with Gasteiger partial charge in [0.15, 0.2) is 0 Å².